The molecule has 8 heteroatoms. The Morgan fingerprint density at radius 2 is 1.58 bits per heavy atom. The summed E-state index contributed by atoms with van der Waals surface area (Å²) in [4.78, 5) is 29.7. The lowest BCUT2D eigenvalue weighted by molar-refractivity contribution is 0.0746. The van der Waals surface area contributed by atoms with Crippen LogP contribution < -0.4 is 10.2 Å². The molecule has 0 radical (unpaired) electrons. The average Bonchev–Trinajstić information content (AvgIpc) is 3.43. The number of benzene rings is 3. The Labute approximate surface area is 231 Å². The van der Waals surface area contributed by atoms with E-state index in [4.69, 9.17) is 27.6 Å². The number of aryl methyl sites for hydroxylation is 1. The number of amides is 2. The standard InChI is InChI=1S/C30H27Cl2N3O3/c1-2-20-3-5-21(6-4-20)30(37)35-17-15-34(16-18-35)24-10-8-23(9-11-24)33-29(36)28-14-13-27(38-28)25-12-7-22(31)19-26(25)32/h3-14,19H,2,15-18H2,1H3,(H,33,36). The number of halogens is 2. The zero-order chi connectivity index (χ0) is 26.6. The van der Waals surface area contributed by atoms with Crippen LogP contribution in [0.25, 0.3) is 11.3 Å². The fraction of sp³-hybridized carbons (Fsp3) is 0.200. The predicted molar refractivity (Wildman–Crippen MR) is 152 cm³/mol. The van der Waals surface area contributed by atoms with E-state index in [-0.39, 0.29) is 17.6 Å². The number of carbonyl (C=O) groups excluding carboxylic acids is 2. The van der Waals surface area contributed by atoms with Crippen LogP contribution in [-0.2, 0) is 6.42 Å². The molecule has 194 valence electrons. The van der Waals surface area contributed by atoms with Gasteiger partial charge in [0.25, 0.3) is 11.8 Å². The van der Waals surface area contributed by atoms with Crippen LogP contribution in [0.15, 0.2) is 83.3 Å². The molecule has 0 aliphatic carbocycles. The van der Waals surface area contributed by atoms with Crippen molar-refractivity contribution in [3.8, 4) is 11.3 Å². The van der Waals surface area contributed by atoms with Gasteiger partial charge < -0.3 is 19.5 Å². The summed E-state index contributed by atoms with van der Waals surface area (Å²) in [6.45, 7) is 4.90. The maximum atomic E-state index is 12.9. The second-order valence-corrected chi connectivity index (χ2v) is 9.96. The van der Waals surface area contributed by atoms with E-state index in [1.807, 2.05) is 53.4 Å². The molecule has 1 N–H and O–H groups in total. The van der Waals surface area contributed by atoms with E-state index in [0.717, 1.165) is 30.8 Å². The summed E-state index contributed by atoms with van der Waals surface area (Å²) in [6.07, 6.45) is 0.957. The van der Waals surface area contributed by atoms with E-state index in [1.165, 1.54) is 5.56 Å². The summed E-state index contributed by atoms with van der Waals surface area (Å²) in [7, 11) is 0. The number of hydrogen-bond donors (Lipinski definition) is 1. The first kappa shape index (κ1) is 25.9. The molecular formula is C30H27Cl2N3O3. The lowest BCUT2D eigenvalue weighted by Crippen LogP contribution is -2.48. The Hall–Kier alpha value is -3.74. The molecule has 1 aliphatic heterocycles. The van der Waals surface area contributed by atoms with E-state index in [2.05, 4.69) is 17.1 Å². The maximum Gasteiger partial charge on any atom is 0.291 e. The fourth-order valence-electron chi connectivity index (χ4n) is 4.48. The highest BCUT2D eigenvalue weighted by atomic mass is 35.5. The summed E-state index contributed by atoms with van der Waals surface area (Å²) < 4.78 is 5.74. The van der Waals surface area contributed by atoms with Gasteiger partial charge in [-0.3, -0.25) is 9.59 Å². The molecule has 1 aromatic heterocycles. The van der Waals surface area contributed by atoms with Gasteiger partial charge in [0.2, 0.25) is 0 Å². The van der Waals surface area contributed by atoms with Crippen molar-refractivity contribution in [1.29, 1.82) is 0 Å². The molecule has 2 heterocycles. The number of rotatable bonds is 6. The van der Waals surface area contributed by atoms with Gasteiger partial charge in [-0.05, 0) is 78.7 Å². The third kappa shape index (κ3) is 5.72. The van der Waals surface area contributed by atoms with Crippen LogP contribution in [0.1, 0.15) is 33.4 Å². The molecule has 1 saturated heterocycles. The van der Waals surface area contributed by atoms with Gasteiger partial charge in [-0.15, -0.1) is 0 Å². The van der Waals surface area contributed by atoms with Crippen molar-refractivity contribution in [2.24, 2.45) is 0 Å². The number of furan rings is 1. The van der Waals surface area contributed by atoms with Crippen molar-refractivity contribution < 1.29 is 14.0 Å². The molecule has 5 rings (SSSR count). The van der Waals surface area contributed by atoms with Crippen LogP contribution in [0.3, 0.4) is 0 Å². The van der Waals surface area contributed by atoms with E-state index >= 15 is 0 Å². The van der Waals surface area contributed by atoms with Crippen molar-refractivity contribution >= 4 is 46.4 Å². The zero-order valence-electron chi connectivity index (χ0n) is 20.9. The normalized spacial score (nSPS) is 13.4. The lowest BCUT2D eigenvalue weighted by Gasteiger charge is -2.36. The van der Waals surface area contributed by atoms with Gasteiger partial charge in [0.15, 0.2) is 5.76 Å². The number of hydrogen-bond acceptors (Lipinski definition) is 4. The van der Waals surface area contributed by atoms with Gasteiger partial charge >= 0.3 is 0 Å². The maximum absolute atomic E-state index is 12.9. The molecular weight excluding hydrogens is 521 g/mol. The highest BCUT2D eigenvalue weighted by Gasteiger charge is 2.22. The van der Waals surface area contributed by atoms with Crippen molar-refractivity contribution in [1.82, 2.24) is 4.90 Å². The summed E-state index contributed by atoms with van der Waals surface area (Å²) in [5.41, 5.74) is 4.32. The van der Waals surface area contributed by atoms with E-state index in [1.54, 1.807) is 30.3 Å². The minimum absolute atomic E-state index is 0.0739. The van der Waals surface area contributed by atoms with Gasteiger partial charge in [0.1, 0.15) is 5.76 Å². The number of carbonyl (C=O) groups is 2. The summed E-state index contributed by atoms with van der Waals surface area (Å²) in [5, 5.41) is 3.84. The van der Waals surface area contributed by atoms with Gasteiger partial charge in [-0.25, -0.2) is 0 Å². The lowest BCUT2D eigenvalue weighted by atomic mass is 10.1. The van der Waals surface area contributed by atoms with Crippen molar-refractivity contribution in [3.05, 3.63) is 106 Å². The second kappa shape index (κ2) is 11.3. The number of nitrogens with zero attached hydrogens (tertiary/aromatic N) is 2. The molecule has 6 nitrogen and oxygen atoms in total. The van der Waals surface area contributed by atoms with Crippen LogP contribution in [0.2, 0.25) is 10.0 Å². The molecule has 3 aromatic carbocycles. The third-order valence-corrected chi connectivity index (χ3v) is 7.24. The zero-order valence-corrected chi connectivity index (χ0v) is 22.4. The minimum Gasteiger partial charge on any atom is -0.451 e. The van der Waals surface area contributed by atoms with Crippen LogP contribution in [-0.4, -0.2) is 42.9 Å². The first-order valence-electron chi connectivity index (χ1n) is 12.5. The van der Waals surface area contributed by atoms with Gasteiger partial charge in [0, 0.05) is 53.7 Å². The largest absolute Gasteiger partial charge is 0.451 e. The van der Waals surface area contributed by atoms with Crippen molar-refractivity contribution in [2.75, 3.05) is 36.4 Å². The van der Waals surface area contributed by atoms with Gasteiger partial charge in [-0.1, -0.05) is 42.3 Å². The van der Waals surface area contributed by atoms with Crippen LogP contribution in [0.5, 0.6) is 0 Å². The van der Waals surface area contributed by atoms with Crippen LogP contribution in [0.4, 0.5) is 11.4 Å². The Morgan fingerprint density at radius 1 is 0.868 bits per heavy atom. The number of nitrogens with one attached hydrogen (secondary N) is 1. The minimum atomic E-state index is -0.354. The van der Waals surface area contributed by atoms with Crippen molar-refractivity contribution in [2.45, 2.75) is 13.3 Å². The van der Waals surface area contributed by atoms with E-state index in [0.29, 0.717) is 40.1 Å². The third-order valence-electron chi connectivity index (χ3n) is 6.69. The molecule has 1 aliphatic rings. The molecule has 0 saturated carbocycles. The predicted octanol–water partition coefficient (Wildman–Crippen LogP) is 7.03. The van der Waals surface area contributed by atoms with E-state index < -0.39 is 0 Å². The number of anilines is 2. The second-order valence-electron chi connectivity index (χ2n) is 9.12. The van der Waals surface area contributed by atoms with E-state index in [9.17, 15) is 9.59 Å². The van der Waals surface area contributed by atoms with Crippen LogP contribution >= 0.6 is 23.2 Å². The molecule has 0 atom stereocenters. The average molecular weight is 548 g/mol. The molecule has 2 amide bonds. The Kier molecular flexibility index (Phi) is 7.72. The highest BCUT2D eigenvalue weighted by molar-refractivity contribution is 6.36. The molecule has 38 heavy (non-hydrogen) atoms. The summed E-state index contributed by atoms with van der Waals surface area (Å²) in [6, 6.07) is 23.9. The molecule has 0 unspecified atom stereocenters. The molecule has 1 fully saturated rings. The highest BCUT2D eigenvalue weighted by Crippen LogP contribution is 2.32. The van der Waals surface area contributed by atoms with Crippen molar-refractivity contribution in [3.63, 3.8) is 0 Å². The number of piperazine rings is 1. The molecule has 0 bridgehead atoms. The summed E-state index contributed by atoms with van der Waals surface area (Å²) >= 11 is 12.2. The fourth-order valence-corrected chi connectivity index (χ4v) is 4.98. The smallest absolute Gasteiger partial charge is 0.291 e. The molecule has 4 aromatic rings. The first-order chi connectivity index (χ1) is 18.4. The Balaban J connectivity index is 1.16. The topological polar surface area (TPSA) is 65.8 Å². The Bertz CT molecular complexity index is 1440. The first-order valence-corrected chi connectivity index (χ1v) is 13.3. The van der Waals surface area contributed by atoms with Gasteiger partial charge in [0.05, 0.1) is 5.02 Å². The molecule has 0 spiro atoms. The van der Waals surface area contributed by atoms with Crippen LogP contribution in [0, 0.1) is 0 Å². The SMILES string of the molecule is CCc1ccc(C(=O)N2CCN(c3ccc(NC(=O)c4ccc(-c5ccc(Cl)cc5Cl)o4)cc3)CC2)cc1. The quantitative estimate of drug-likeness (QED) is 0.281. The van der Waals surface area contributed by atoms with Gasteiger partial charge in [-0.2, -0.15) is 0 Å². The summed E-state index contributed by atoms with van der Waals surface area (Å²) in [5.74, 6) is 0.390. The Morgan fingerprint density at radius 3 is 2.24 bits per heavy atom. The monoisotopic (exact) mass is 547 g/mol.